The Morgan fingerprint density at radius 1 is 0.403 bits per heavy atom. The number of ether oxygens (including phenoxy) is 3. The van der Waals surface area contributed by atoms with Crippen LogP contribution in [-0.4, -0.2) is 153 Å². The van der Waals surface area contributed by atoms with Gasteiger partial charge in [-0.3, -0.25) is 43.2 Å². The molecule has 124 heavy (non-hydrogen) atoms. The standard InChI is InChI=1S/2C22H24N4O2S2.C21H25FN6O3S2.C21H22N4O4S2/c2*27-30(28,25-22-23-15-24-29-22)18-10-11-19-17(14-18)9-12-21(19)26-13-5-4-8-20(26)16-6-2-1-3-7-16;1-13-4-7-28(18(9-13)17-3-6-24-27(17)2)16-5-8-31-19-11-20(15(22)10-14(16)19)33(29,30)26-21-23-12-25-32-21;26-31(27,24-21-22-14-23-30-21)16-6-7-17-18(8-10-29-20(17)12-16)25-9-11-28-13-19(25)15-4-2-1-3-5-15/h2*1-3,6-7,10-11,14-15,20-21H,4-5,8-9,12-13H2,(H,23,24,25);3,6,10-13,16,18H,4-5,7-9H2,1-2H3,(H,23,25,26);1-7,12,14,18-19H,8-11,13H2,(H,22,23,24)/t20-,21+;20-,21-;13-,16-,18+;18?,19-/m1000/s1. The van der Waals surface area contributed by atoms with Crippen LogP contribution >= 0.6 is 46.1 Å². The van der Waals surface area contributed by atoms with Gasteiger partial charge in [0.15, 0.2) is 0 Å². The van der Waals surface area contributed by atoms with Gasteiger partial charge < -0.3 is 14.2 Å². The van der Waals surface area contributed by atoms with Crippen molar-refractivity contribution in [3.63, 3.8) is 0 Å². The van der Waals surface area contributed by atoms with E-state index in [4.69, 9.17) is 14.2 Å². The Labute approximate surface area is 737 Å². The van der Waals surface area contributed by atoms with Crippen LogP contribution in [0.25, 0.3) is 0 Å². The molecule has 5 aromatic heterocycles. The second-order valence-electron chi connectivity index (χ2n) is 31.9. The highest BCUT2D eigenvalue weighted by Gasteiger charge is 2.42. The second-order valence-corrected chi connectivity index (χ2v) is 41.7. The molecule has 1 unspecified atom stereocenters. The van der Waals surface area contributed by atoms with E-state index in [9.17, 15) is 33.7 Å². The number of likely N-dealkylation sites (tertiary alicyclic amines) is 3. The van der Waals surface area contributed by atoms with Gasteiger partial charge in [0.2, 0.25) is 20.5 Å². The molecule has 12 aromatic rings. The van der Waals surface area contributed by atoms with E-state index in [1.54, 1.807) is 30.5 Å². The van der Waals surface area contributed by atoms with Crippen molar-refractivity contribution in [2.75, 3.05) is 71.5 Å². The molecular formula is C86H95FN18O11S8. The van der Waals surface area contributed by atoms with Gasteiger partial charge in [0, 0.05) is 138 Å². The zero-order valence-corrected chi connectivity index (χ0v) is 74.7. The zero-order valence-electron chi connectivity index (χ0n) is 68.1. The molecule has 29 nitrogen and oxygen atoms in total. The number of aryl methyl sites for hydroxylation is 3. The Morgan fingerprint density at radius 2 is 0.831 bits per heavy atom. The average molecular weight is 1830 g/mol. The lowest BCUT2D eigenvalue weighted by molar-refractivity contribution is -0.0385. The first-order valence-electron chi connectivity index (χ1n) is 41.6. The highest BCUT2D eigenvalue weighted by molar-refractivity contribution is 7.93. The number of anilines is 4. The number of piperidine rings is 3. The van der Waals surface area contributed by atoms with Gasteiger partial charge in [0.05, 0.1) is 58.9 Å². The first-order valence-corrected chi connectivity index (χ1v) is 50.6. The summed E-state index contributed by atoms with van der Waals surface area (Å²) in [5.41, 5.74) is 11.6. The minimum absolute atomic E-state index is 0.0763. The van der Waals surface area contributed by atoms with Crippen LogP contribution in [0.15, 0.2) is 215 Å². The molecule has 0 spiro atoms. The molecule has 0 amide bonds. The second kappa shape index (κ2) is 38.3. The number of benzene rings is 7. The monoisotopic (exact) mass is 1830 g/mol. The van der Waals surface area contributed by atoms with Crippen LogP contribution in [0.2, 0.25) is 0 Å². The number of sulfonamides is 4. The fourth-order valence-corrected chi connectivity index (χ4v) is 25.6. The van der Waals surface area contributed by atoms with E-state index in [2.05, 4.69) is 161 Å². The molecule has 2 aliphatic carbocycles. The highest BCUT2D eigenvalue weighted by Crippen LogP contribution is 2.50. The van der Waals surface area contributed by atoms with Gasteiger partial charge in [-0.05, 0) is 171 Å². The van der Waals surface area contributed by atoms with Gasteiger partial charge >= 0.3 is 0 Å². The number of aromatic nitrogens is 10. The number of nitrogens with one attached hydrogen (secondary N) is 4. The maximum atomic E-state index is 15.2. The van der Waals surface area contributed by atoms with Crippen molar-refractivity contribution in [1.29, 1.82) is 0 Å². The van der Waals surface area contributed by atoms with Crippen LogP contribution in [0.1, 0.15) is 188 Å². The predicted molar refractivity (Wildman–Crippen MR) is 474 cm³/mol. The fourth-order valence-electron chi connectivity index (χ4n) is 18.7. The van der Waals surface area contributed by atoms with E-state index in [0.717, 1.165) is 140 Å². The van der Waals surface area contributed by atoms with E-state index < -0.39 is 50.8 Å². The maximum Gasteiger partial charge on any atom is 0.266 e. The molecule has 6 aliphatic heterocycles. The van der Waals surface area contributed by atoms with E-state index in [-0.39, 0.29) is 59.4 Å². The number of nitrogens with zero attached hydrogens (tertiary/aromatic N) is 14. The first-order chi connectivity index (χ1) is 60.2. The number of morpholine rings is 1. The molecule has 11 heterocycles. The van der Waals surface area contributed by atoms with Crippen LogP contribution in [0.3, 0.4) is 0 Å². The summed E-state index contributed by atoms with van der Waals surface area (Å²) in [4.78, 5) is 25.9. The molecule has 4 saturated heterocycles. The lowest BCUT2D eigenvalue weighted by Gasteiger charge is -2.45. The van der Waals surface area contributed by atoms with Crippen molar-refractivity contribution < 1.29 is 52.3 Å². The Bertz CT molecular complexity index is 5920. The SMILES string of the molecule is C[C@H]1CCN([C@H]2CCOc3cc(S(=O)(=O)Nc4ncns4)c(F)cc32)[C@@H](c2ccnn2C)C1.O=S(=O)(Nc1ncns1)c1ccc2c(c1)CC[C@@H]2N1CCCC[C@@H]1c1ccccc1.O=S(=O)(Nc1ncns1)c1ccc2c(c1)CC[C@@H]2N1CCCC[C@H]1c1ccccc1.O=S(=O)(Nc1ncns1)c1ccc2c(c1)OCCC2N1CCOC[C@H]1c1ccccc1. The summed E-state index contributed by atoms with van der Waals surface area (Å²) in [5.74, 6) is 0.752. The Hall–Kier alpha value is -9.68. The molecule has 8 aliphatic rings. The van der Waals surface area contributed by atoms with E-state index in [1.807, 2.05) is 66.3 Å². The lowest BCUT2D eigenvalue weighted by atomic mass is 9.87. The smallest absolute Gasteiger partial charge is 0.266 e. The van der Waals surface area contributed by atoms with Crippen molar-refractivity contribution in [1.82, 2.24) is 66.8 Å². The van der Waals surface area contributed by atoms with Crippen LogP contribution in [0, 0.1) is 11.7 Å². The van der Waals surface area contributed by atoms with Crippen LogP contribution in [0.5, 0.6) is 11.5 Å². The average Bonchev–Trinajstić information content (AvgIpc) is 1.21. The van der Waals surface area contributed by atoms with Crippen molar-refractivity contribution in [2.45, 2.75) is 165 Å². The summed E-state index contributed by atoms with van der Waals surface area (Å²) < 4.78 is 162. The number of hydrogen-bond acceptors (Lipinski definition) is 28. The number of hydrogen-bond donors (Lipinski definition) is 4. The Kier molecular flexibility index (Phi) is 26.7. The summed E-state index contributed by atoms with van der Waals surface area (Å²) >= 11 is 3.93. The number of rotatable bonds is 20. The predicted octanol–water partition coefficient (Wildman–Crippen LogP) is 15.9. The van der Waals surface area contributed by atoms with Crippen LogP contribution < -0.4 is 28.4 Å². The van der Waals surface area contributed by atoms with Gasteiger partial charge in [-0.1, -0.05) is 129 Å². The number of fused-ring (bicyclic) bond motifs is 4. The Balaban J connectivity index is 0.000000117. The van der Waals surface area contributed by atoms with E-state index >= 15 is 4.39 Å². The largest absolute Gasteiger partial charge is 0.493 e. The summed E-state index contributed by atoms with van der Waals surface area (Å²) in [7, 11) is -13.3. The van der Waals surface area contributed by atoms with E-state index in [0.29, 0.717) is 80.0 Å². The van der Waals surface area contributed by atoms with Gasteiger partial charge in [0.1, 0.15) is 47.5 Å². The molecule has 0 radical (unpaired) electrons. The highest BCUT2D eigenvalue weighted by atomic mass is 32.2. The van der Waals surface area contributed by atoms with Crippen molar-refractivity contribution >= 4 is 107 Å². The molecule has 9 atom stereocenters. The first kappa shape index (κ1) is 86.4. The van der Waals surface area contributed by atoms with Crippen LogP contribution in [0.4, 0.5) is 24.9 Å². The quantitative estimate of drug-likeness (QED) is 0.0550. The Morgan fingerprint density at radius 3 is 1.30 bits per heavy atom. The summed E-state index contributed by atoms with van der Waals surface area (Å²) in [6.07, 6.45) is 21.8. The minimum Gasteiger partial charge on any atom is -0.493 e. The minimum atomic E-state index is -4.17. The molecule has 20 rings (SSSR count). The third kappa shape index (κ3) is 19.5. The van der Waals surface area contributed by atoms with Crippen molar-refractivity contribution in [3.05, 3.63) is 257 Å². The molecule has 650 valence electrons. The molecule has 38 heteroatoms. The molecular weight excluding hydrogens is 1740 g/mol. The number of halogens is 1. The topological polar surface area (TPSA) is 346 Å². The normalized spacial score (nSPS) is 22.4. The van der Waals surface area contributed by atoms with Gasteiger partial charge in [-0.25, -0.2) is 58.0 Å². The zero-order chi connectivity index (χ0) is 85.5. The summed E-state index contributed by atoms with van der Waals surface area (Å²) in [6, 6.07) is 54.6. The summed E-state index contributed by atoms with van der Waals surface area (Å²) in [5, 5.41) is 5.22. The molecule has 4 N–H and O–H groups in total. The fraction of sp³-hybridized carbons (Fsp3) is 0.384. The van der Waals surface area contributed by atoms with Crippen molar-refractivity contribution in [3.8, 4) is 11.5 Å². The molecule has 4 fully saturated rings. The third-order valence-corrected chi connectivity index (χ3v) is 32.7. The van der Waals surface area contributed by atoms with Crippen molar-refractivity contribution in [2.24, 2.45) is 13.0 Å². The molecule has 0 saturated carbocycles. The van der Waals surface area contributed by atoms with Crippen LogP contribution in [-0.2, 0) is 64.7 Å². The van der Waals surface area contributed by atoms with E-state index in [1.165, 1.54) is 104 Å². The van der Waals surface area contributed by atoms with Gasteiger partial charge in [-0.2, -0.15) is 22.6 Å². The third-order valence-electron chi connectivity index (χ3n) is 24.5. The summed E-state index contributed by atoms with van der Waals surface area (Å²) in [6.45, 7) is 8.36. The van der Waals surface area contributed by atoms with Gasteiger partial charge in [0.25, 0.3) is 40.1 Å². The van der Waals surface area contributed by atoms with Gasteiger partial charge in [-0.15, -0.1) is 0 Å². The lowest BCUT2D eigenvalue weighted by Crippen LogP contribution is -2.43. The maximum absolute atomic E-state index is 15.2. The molecule has 7 aromatic carbocycles. The molecule has 0 bridgehead atoms.